The number of hydrogen-bond donors (Lipinski definition) is 4. The summed E-state index contributed by atoms with van der Waals surface area (Å²) >= 11 is 0. The van der Waals surface area contributed by atoms with Gasteiger partial charge in [-0.25, -0.2) is 4.98 Å². The van der Waals surface area contributed by atoms with Gasteiger partial charge in [-0.2, -0.15) is 4.98 Å². The van der Waals surface area contributed by atoms with Crippen LogP contribution in [0.4, 0.5) is 5.95 Å². The molecule has 5 N–H and O–H groups in total. The van der Waals surface area contributed by atoms with Crippen LogP contribution in [0.1, 0.15) is 60.9 Å². The van der Waals surface area contributed by atoms with Crippen LogP contribution < -0.4 is 16.4 Å². The summed E-state index contributed by atoms with van der Waals surface area (Å²) in [6.45, 7) is 1.76. The first kappa shape index (κ1) is 22.4. The number of nitrogen functional groups attached to an aromatic ring is 1. The van der Waals surface area contributed by atoms with Crippen LogP contribution in [0.3, 0.4) is 0 Å². The topological polar surface area (TPSA) is 118 Å². The highest BCUT2D eigenvalue weighted by molar-refractivity contribution is 6.07. The van der Waals surface area contributed by atoms with E-state index in [1.165, 1.54) is 0 Å². The molecule has 3 heterocycles. The molecule has 0 radical (unpaired) electrons. The van der Waals surface area contributed by atoms with Gasteiger partial charge in [0.1, 0.15) is 11.4 Å². The van der Waals surface area contributed by atoms with Gasteiger partial charge in [0.15, 0.2) is 0 Å². The van der Waals surface area contributed by atoms with Crippen molar-refractivity contribution in [2.45, 2.75) is 56.6 Å². The molecule has 2 aromatic heterocycles. The Morgan fingerprint density at radius 1 is 1.24 bits per heavy atom. The zero-order valence-electron chi connectivity index (χ0n) is 19.2. The SMILES string of the molecule is Nc1nccc(-n2cc(C(=O)NC3CCCNC3)c3ccc(C#CC4(O)CCCCC4)cc32)n1. The maximum Gasteiger partial charge on any atom is 0.253 e. The number of carbonyl (C=O) groups excluding carboxylic acids is 1. The molecule has 1 aromatic carbocycles. The number of fused-ring (bicyclic) bond motifs is 1. The minimum Gasteiger partial charge on any atom is -0.378 e. The number of nitrogens with one attached hydrogen (secondary N) is 2. The summed E-state index contributed by atoms with van der Waals surface area (Å²) in [6.07, 6.45) is 9.95. The van der Waals surface area contributed by atoms with E-state index in [2.05, 4.69) is 32.4 Å². The number of aromatic nitrogens is 3. The largest absolute Gasteiger partial charge is 0.378 e. The molecule has 1 saturated carbocycles. The molecule has 1 unspecified atom stereocenters. The van der Waals surface area contributed by atoms with Gasteiger partial charge in [0, 0.05) is 35.9 Å². The molecule has 1 aliphatic heterocycles. The van der Waals surface area contributed by atoms with Gasteiger partial charge in [0.25, 0.3) is 5.91 Å². The summed E-state index contributed by atoms with van der Waals surface area (Å²) in [5, 5.41) is 18.1. The van der Waals surface area contributed by atoms with Gasteiger partial charge in [0.05, 0.1) is 11.1 Å². The van der Waals surface area contributed by atoms with Crippen molar-refractivity contribution in [2.24, 2.45) is 0 Å². The standard InChI is InChI=1S/C26H30N6O2/c27-25-29-14-9-23(31-25)32-17-21(24(33)30-19-5-4-13-28-16-19)20-7-6-18(15-22(20)32)8-12-26(34)10-2-1-3-11-26/h6-7,9,14-15,17,19,28,34H,1-5,10-11,13,16H2,(H,30,33)(H2,27,29,31). The quantitative estimate of drug-likeness (QED) is 0.448. The minimum absolute atomic E-state index is 0.107. The molecule has 176 valence electrons. The van der Waals surface area contributed by atoms with Crippen LogP contribution in [0.15, 0.2) is 36.7 Å². The highest BCUT2D eigenvalue weighted by Gasteiger charge is 2.26. The van der Waals surface area contributed by atoms with Crippen molar-refractivity contribution >= 4 is 22.8 Å². The van der Waals surface area contributed by atoms with E-state index in [0.29, 0.717) is 24.2 Å². The molecule has 1 aliphatic carbocycles. The van der Waals surface area contributed by atoms with Crippen LogP contribution in [0.25, 0.3) is 16.7 Å². The molecule has 1 saturated heterocycles. The Morgan fingerprint density at radius 3 is 2.85 bits per heavy atom. The molecule has 2 aliphatic rings. The molecule has 2 fully saturated rings. The van der Waals surface area contributed by atoms with Crippen molar-refractivity contribution in [1.82, 2.24) is 25.2 Å². The zero-order valence-corrected chi connectivity index (χ0v) is 19.2. The third-order valence-corrected chi connectivity index (χ3v) is 6.71. The number of amides is 1. The van der Waals surface area contributed by atoms with E-state index in [-0.39, 0.29) is 17.9 Å². The molecule has 0 spiro atoms. The first-order valence-electron chi connectivity index (χ1n) is 12.0. The van der Waals surface area contributed by atoms with Gasteiger partial charge in [-0.15, -0.1) is 0 Å². The number of aliphatic hydroxyl groups is 1. The second-order valence-corrected chi connectivity index (χ2v) is 9.28. The van der Waals surface area contributed by atoms with Crippen LogP contribution in [0.2, 0.25) is 0 Å². The van der Waals surface area contributed by atoms with E-state index in [4.69, 9.17) is 5.73 Å². The first-order chi connectivity index (χ1) is 16.5. The average Bonchev–Trinajstić information content (AvgIpc) is 3.23. The molecular formula is C26H30N6O2. The summed E-state index contributed by atoms with van der Waals surface area (Å²) in [5.41, 5.74) is 7.06. The number of nitrogens with zero attached hydrogens (tertiary/aromatic N) is 3. The van der Waals surface area contributed by atoms with Crippen LogP contribution in [-0.4, -0.2) is 50.3 Å². The fourth-order valence-corrected chi connectivity index (χ4v) is 4.86. The van der Waals surface area contributed by atoms with Crippen LogP contribution in [-0.2, 0) is 0 Å². The fourth-order valence-electron chi connectivity index (χ4n) is 4.86. The van der Waals surface area contributed by atoms with E-state index in [1.54, 1.807) is 18.5 Å². The predicted molar refractivity (Wildman–Crippen MR) is 132 cm³/mol. The maximum absolute atomic E-state index is 13.2. The molecule has 1 atom stereocenters. The number of benzene rings is 1. The van der Waals surface area contributed by atoms with Crippen molar-refractivity contribution in [1.29, 1.82) is 0 Å². The van der Waals surface area contributed by atoms with Gasteiger partial charge < -0.3 is 26.0 Å². The lowest BCUT2D eigenvalue weighted by Gasteiger charge is -2.26. The Bertz CT molecular complexity index is 1260. The third-order valence-electron chi connectivity index (χ3n) is 6.71. The van der Waals surface area contributed by atoms with Crippen LogP contribution >= 0.6 is 0 Å². The van der Waals surface area contributed by atoms with E-state index in [1.807, 2.05) is 22.8 Å². The molecule has 34 heavy (non-hydrogen) atoms. The average molecular weight is 459 g/mol. The van der Waals surface area contributed by atoms with Crippen LogP contribution in [0, 0.1) is 11.8 Å². The van der Waals surface area contributed by atoms with Crippen molar-refractivity contribution in [3.8, 4) is 17.7 Å². The van der Waals surface area contributed by atoms with Gasteiger partial charge in [-0.3, -0.25) is 4.79 Å². The normalized spacial score (nSPS) is 19.9. The van der Waals surface area contributed by atoms with Gasteiger partial charge in [-0.1, -0.05) is 24.3 Å². The second-order valence-electron chi connectivity index (χ2n) is 9.28. The summed E-state index contributed by atoms with van der Waals surface area (Å²) < 4.78 is 1.85. The number of piperidine rings is 1. The summed E-state index contributed by atoms with van der Waals surface area (Å²) in [6, 6.07) is 7.62. The summed E-state index contributed by atoms with van der Waals surface area (Å²) in [4.78, 5) is 21.6. The summed E-state index contributed by atoms with van der Waals surface area (Å²) in [5.74, 6) is 6.88. The molecule has 0 bridgehead atoms. The molecule has 3 aromatic rings. The zero-order chi connectivity index (χ0) is 23.5. The van der Waals surface area contributed by atoms with E-state index in [0.717, 1.165) is 61.7 Å². The molecule has 8 heteroatoms. The Kier molecular flexibility index (Phi) is 6.22. The van der Waals surface area contributed by atoms with E-state index in [9.17, 15) is 9.90 Å². The van der Waals surface area contributed by atoms with Gasteiger partial charge >= 0.3 is 0 Å². The highest BCUT2D eigenvalue weighted by Crippen LogP contribution is 2.28. The van der Waals surface area contributed by atoms with Gasteiger partial charge in [-0.05, 0) is 63.3 Å². The van der Waals surface area contributed by atoms with E-state index >= 15 is 0 Å². The third kappa shape index (κ3) is 4.76. The minimum atomic E-state index is -0.921. The lowest BCUT2D eigenvalue weighted by Crippen LogP contribution is -2.45. The van der Waals surface area contributed by atoms with Crippen LogP contribution in [0.5, 0.6) is 0 Å². The highest BCUT2D eigenvalue weighted by atomic mass is 16.3. The van der Waals surface area contributed by atoms with Gasteiger partial charge in [0.2, 0.25) is 5.95 Å². The fraction of sp³-hybridized carbons (Fsp3) is 0.423. The molecular weight excluding hydrogens is 428 g/mol. The van der Waals surface area contributed by atoms with Crippen molar-refractivity contribution < 1.29 is 9.90 Å². The number of carbonyl (C=O) groups is 1. The lowest BCUT2D eigenvalue weighted by atomic mass is 9.85. The number of anilines is 1. The van der Waals surface area contributed by atoms with Crippen molar-refractivity contribution in [3.63, 3.8) is 0 Å². The molecule has 5 rings (SSSR count). The second kappa shape index (κ2) is 9.45. The Hall–Kier alpha value is -3.41. The molecule has 1 amide bonds. The first-order valence-corrected chi connectivity index (χ1v) is 12.0. The van der Waals surface area contributed by atoms with E-state index < -0.39 is 5.60 Å². The number of nitrogens with two attached hydrogens (primary N) is 1. The Morgan fingerprint density at radius 2 is 2.09 bits per heavy atom. The Labute approximate surface area is 199 Å². The number of rotatable bonds is 3. The van der Waals surface area contributed by atoms with Crippen molar-refractivity contribution in [2.75, 3.05) is 18.8 Å². The summed E-state index contributed by atoms with van der Waals surface area (Å²) in [7, 11) is 0. The monoisotopic (exact) mass is 458 g/mol. The number of hydrogen-bond acceptors (Lipinski definition) is 6. The smallest absolute Gasteiger partial charge is 0.253 e. The lowest BCUT2D eigenvalue weighted by molar-refractivity contribution is 0.0610. The predicted octanol–water partition coefficient (Wildman–Crippen LogP) is 2.53. The molecule has 8 nitrogen and oxygen atoms in total. The van der Waals surface area contributed by atoms with Crippen molar-refractivity contribution in [3.05, 3.63) is 47.8 Å². The maximum atomic E-state index is 13.2. The Balaban J connectivity index is 1.54.